The quantitative estimate of drug-likeness (QED) is 0.544. The number of hydrogen-bond acceptors (Lipinski definition) is 6. The summed E-state index contributed by atoms with van der Waals surface area (Å²) in [6, 6.07) is 0.0888. The van der Waals surface area contributed by atoms with Crippen LogP contribution in [0.15, 0.2) is 23.3 Å². The molecule has 5 aliphatic rings. The molecule has 3 saturated carbocycles. The van der Waals surface area contributed by atoms with E-state index in [-0.39, 0.29) is 34.6 Å². The summed E-state index contributed by atoms with van der Waals surface area (Å²) in [5.41, 5.74) is -2.69. The van der Waals surface area contributed by atoms with Crippen LogP contribution < -0.4 is 0 Å². The molecule has 8 atom stereocenters. The Bertz CT molecular complexity index is 964. The second kappa shape index (κ2) is 7.65. The maximum atomic E-state index is 14.3. The third kappa shape index (κ3) is 2.86. The smallest absolute Gasteiger partial charge is 0.410 e. The van der Waals surface area contributed by atoms with E-state index in [1.165, 1.54) is 0 Å². The van der Waals surface area contributed by atoms with Gasteiger partial charge in [0.15, 0.2) is 17.5 Å². The lowest BCUT2D eigenvalue weighted by molar-refractivity contribution is -0.191. The molecule has 7 heteroatoms. The summed E-state index contributed by atoms with van der Waals surface area (Å²) < 4.78 is 5.94. The zero-order chi connectivity index (χ0) is 24.8. The van der Waals surface area contributed by atoms with Crippen LogP contribution in [0, 0.1) is 34.5 Å². The zero-order valence-corrected chi connectivity index (χ0v) is 21.0. The maximum Gasteiger partial charge on any atom is 0.410 e. The SMILES string of the molecule is CC1=CC23C(=O)[C@@H](C=C(CO)[C@@H](O)[C@]2(O)[C@H]1OC(=O)N(C)C1CCCC1)[C@H]1[C@@H](CC3C)C1(C)C. The van der Waals surface area contributed by atoms with Crippen molar-refractivity contribution < 1.29 is 29.6 Å². The molecule has 7 nitrogen and oxygen atoms in total. The van der Waals surface area contributed by atoms with Gasteiger partial charge in [-0.1, -0.05) is 45.8 Å². The lowest BCUT2D eigenvalue weighted by Crippen LogP contribution is -2.66. The van der Waals surface area contributed by atoms with Crippen molar-refractivity contribution in [2.75, 3.05) is 13.7 Å². The molecule has 0 aromatic carbocycles. The Kier molecular flexibility index (Phi) is 5.40. The number of amides is 1. The van der Waals surface area contributed by atoms with E-state index in [1.807, 2.05) is 6.92 Å². The average Bonchev–Trinajstić information content (AvgIpc) is 3.14. The third-order valence-corrected chi connectivity index (χ3v) is 10.3. The van der Waals surface area contributed by atoms with Crippen LogP contribution >= 0.6 is 0 Å². The number of ether oxygens (including phenoxy) is 1. The van der Waals surface area contributed by atoms with Crippen LogP contribution in [0.25, 0.3) is 0 Å². The predicted octanol–water partition coefficient (Wildman–Crippen LogP) is 2.83. The molecule has 3 N–H and O–H groups in total. The molecule has 1 amide bonds. The van der Waals surface area contributed by atoms with E-state index in [2.05, 4.69) is 13.8 Å². The molecule has 2 bridgehead atoms. The summed E-state index contributed by atoms with van der Waals surface area (Å²) in [5.74, 6) is -0.491. The number of carbonyl (C=O) groups excluding carboxylic acids is 2. The molecule has 2 unspecified atom stereocenters. The van der Waals surface area contributed by atoms with Gasteiger partial charge in [0, 0.05) is 19.0 Å². The van der Waals surface area contributed by atoms with Gasteiger partial charge in [-0.2, -0.15) is 0 Å². The fourth-order valence-electron chi connectivity index (χ4n) is 8.22. The van der Waals surface area contributed by atoms with Crippen LogP contribution in [0.1, 0.15) is 59.8 Å². The summed E-state index contributed by atoms with van der Waals surface area (Å²) in [6.45, 7) is 7.58. The van der Waals surface area contributed by atoms with Gasteiger partial charge >= 0.3 is 6.09 Å². The van der Waals surface area contributed by atoms with Gasteiger partial charge < -0.3 is 25.0 Å². The number of aliphatic hydroxyl groups is 3. The summed E-state index contributed by atoms with van der Waals surface area (Å²) in [7, 11) is 1.71. The number of ketones is 1. The molecule has 1 spiro atoms. The van der Waals surface area contributed by atoms with E-state index in [0.29, 0.717) is 11.5 Å². The van der Waals surface area contributed by atoms with Crippen molar-refractivity contribution in [3.05, 3.63) is 23.3 Å². The van der Waals surface area contributed by atoms with Crippen molar-refractivity contribution in [2.24, 2.45) is 34.5 Å². The molecule has 0 saturated heterocycles. The van der Waals surface area contributed by atoms with Crippen molar-refractivity contribution in [1.82, 2.24) is 4.90 Å². The number of carbonyl (C=O) groups is 2. The van der Waals surface area contributed by atoms with Gasteiger partial charge in [0.1, 0.15) is 6.10 Å². The van der Waals surface area contributed by atoms with E-state index in [1.54, 1.807) is 31.0 Å². The standard InChI is InChI=1S/C27H39NO6/c1-14-12-26-15(2)10-19-20(25(19,3)4)18(22(26)31)11-16(13-29)21(30)27(26,33)23(14)34-24(32)28(5)17-8-6-7-9-17/h11-12,15,17-21,23,29-30,33H,6-10,13H2,1-5H3/t15?,18-,19+,20-,21+,23-,26?,27-/m0/s1. The normalized spacial score (nSPS) is 44.9. The first-order valence-corrected chi connectivity index (χ1v) is 12.8. The Morgan fingerprint density at radius 3 is 2.53 bits per heavy atom. The first-order chi connectivity index (χ1) is 15.9. The fourth-order valence-corrected chi connectivity index (χ4v) is 8.22. The van der Waals surface area contributed by atoms with Gasteiger partial charge in [-0.25, -0.2) is 4.79 Å². The number of hydrogen-bond donors (Lipinski definition) is 3. The molecule has 0 radical (unpaired) electrons. The second-order valence-electron chi connectivity index (χ2n) is 12.2. The van der Waals surface area contributed by atoms with Crippen molar-refractivity contribution in [3.8, 4) is 0 Å². The highest BCUT2D eigenvalue weighted by Gasteiger charge is 2.76. The minimum Gasteiger partial charge on any atom is -0.438 e. The summed E-state index contributed by atoms with van der Waals surface area (Å²) in [4.78, 5) is 29.1. The molecular formula is C27H39NO6. The Hall–Kier alpha value is -1.70. The first kappa shape index (κ1) is 24.0. The molecule has 0 aromatic rings. The van der Waals surface area contributed by atoms with Gasteiger partial charge in [-0.3, -0.25) is 4.79 Å². The Morgan fingerprint density at radius 1 is 1.26 bits per heavy atom. The summed E-state index contributed by atoms with van der Waals surface area (Å²) in [5, 5.41) is 34.1. The third-order valence-electron chi connectivity index (χ3n) is 10.3. The maximum absolute atomic E-state index is 14.3. The van der Waals surface area contributed by atoms with Gasteiger partial charge in [-0.15, -0.1) is 0 Å². The van der Waals surface area contributed by atoms with E-state index < -0.39 is 41.8 Å². The van der Waals surface area contributed by atoms with Crippen LogP contribution in [0.4, 0.5) is 4.79 Å². The van der Waals surface area contributed by atoms with Gasteiger partial charge in [0.2, 0.25) is 0 Å². The van der Waals surface area contributed by atoms with Gasteiger partial charge in [0.05, 0.1) is 12.0 Å². The highest BCUT2D eigenvalue weighted by molar-refractivity contribution is 5.95. The summed E-state index contributed by atoms with van der Waals surface area (Å²) in [6.07, 6.45) is 4.89. The minimum absolute atomic E-state index is 0.0199. The molecule has 0 aliphatic heterocycles. The van der Waals surface area contributed by atoms with Crippen LogP contribution in [-0.4, -0.2) is 69.6 Å². The predicted molar refractivity (Wildman–Crippen MR) is 126 cm³/mol. The van der Waals surface area contributed by atoms with Crippen LogP contribution in [0.5, 0.6) is 0 Å². The van der Waals surface area contributed by atoms with E-state index in [9.17, 15) is 24.9 Å². The molecule has 34 heavy (non-hydrogen) atoms. The van der Waals surface area contributed by atoms with Crippen LogP contribution in [0.2, 0.25) is 0 Å². The number of Topliss-reactive ketones (excluding diaryl/α,β-unsaturated/α-hetero) is 1. The fraction of sp³-hybridized carbons (Fsp3) is 0.778. The minimum atomic E-state index is -2.08. The second-order valence-corrected chi connectivity index (χ2v) is 12.2. The monoisotopic (exact) mass is 473 g/mol. The number of fused-ring (bicyclic) bond motifs is 3. The first-order valence-electron chi connectivity index (χ1n) is 12.8. The highest BCUT2D eigenvalue weighted by atomic mass is 16.6. The Morgan fingerprint density at radius 2 is 1.91 bits per heavy atom. The zero-order valence-electron chi connectivity index (χ0n) is 21.0. The molecular weight excluding hydrogens is 434 g/mol. The van der Waals surface area contributed by atoms with Gasteiger partial charge in [-0.05, 0) is 60.5 Å². The highest BCUT2D eigenvalue weighted by Crippen LogP contribution is 2.71. The molecule has 5 aliphatic carbocycles. The molecule has 0 aromatic heterocycles. The van der Waals surface area contributed by atoms with Crippen molar-refractivity contribution >= 4 is 11.9 Å². The van der Waals surface area contributed by atoms with Crippen LogP contribution in [0.3, 0.4) is 0 Å². The molecule has 188 valence electrons. The summed E-state index contributed by atoms with van der Waals surface area (Å²) >= 11 is 0. The van der Waals surface area contributed by atoms with Crippen molar-refractivity contribution in [2.45, 2.75) is 83.6 Å². The van der Waals surface area contributed by atoms with Gasteiger partial charge in [0.25, 0.3) is 0 Å². The van der Waals surface area contributed by atoms with E-state index in [0.717, 1.165) is 32.1 Å². The van der Waals surface area contributed by atoms with E-state index >= 15 is 0 Å². The molecule has 0 heterocycles. The van der Waals surface area contributed by atoms with Crippen molar-refractivity contribution in [3.63, 3.8) is 0 Å². The molecule has 3 fully saturated rings. The number of rotatable bonds is 3. The lowest BCUT2D eigenvalue weighted by atomic mass is 9.59. The number of nitrogens with zero attached hydrogens (tertiary/aromatic N) is 1. The number of allylic oxidation sites excluding steroid dienone is 1. The largest absolute Gasteiger partial charge is 0.438 e. The number of aliphatic hydroxyl groups excluding tert-OH is 2. The van der Waals surface area contributed by atoms with E-state index in [4.69, 9.17) is 4.74 Å². The van der Waals surface area contributed by atoms with Crippen molar-refractivity contribution in [1.29, 1.82) is 0 Å². The average molecular weight is 474 g/mol. The topological polar surface area (TPSA) is 107 Å². The lowest BCUT2D eigenvalue weighted by Gasteiger charge is -2.49. The Balaban J connectivity index is 1.58. The molecule has 5 rings (SSSR count). The van der Waals surface area contributed by atoms with Crippen LogP contribution in [-0.2, 0) is 9.53 Å². The Labute approximate surface area is 201 Å².